The Hall–Kier alpha value is -3.03. The van der Waals surface area contributed by atoms with Gasteiger partial charge in [0.15, 0.2) is 0 Å². The summed E-state index contributed by atoms with van der Waals surface area (Å²) in [5.74, 6) is -1.58. The number of hydrogen-bond donors (Lipinski definition) is 1. The van der Waals surface area contributed by atoms with Crippen molar-refractivity contribution in [2.45, 2.75) is 6.92 Å². The highest BCUT2D eigenvalue weighted by molar-refractivity contribution is 6.54. The Morgan fingerprint density at radius 2 is 1.50 bits per heavy atom. The normalized spacial score (nSPS) is 13.5. The maximum atomic E-state index is 12.9. The SMILES string of the molecule is Cc1cc(Cl)ccc1OC(=O)c1ccc(NC2=C(Cl)C(=O)N(c3ccc(Cl)cc3Cl)C2=O)cc1. The van der Waals surface area contributed by atoms with Gasteiger partial charge in [-0.1, -0.05) is 46.4 Å². The van der Waals surface area contributed by atoms with Gasteiger partial charge in [0.05, 0.1) is 16.3 Å². The molecule has 1 aliphatic heterocycles. The first-order valence-electron chi connectivity index (χ1n) is 9.74. The third-order valence-electron chi connectivity index (χ3n) is 4.91. The Morgan fingerprint density at radius 3 is 2.15 bits per heavy atom. The number of ether oxygens (including phenoxy) is 1. The molecule has 1 heterocycles. The second kappa shape index (κ2) is 9.68. The first-order chi connectivity index (χ1) is 16.2. The molecule has 2 amide bonds. The van der Waals surface area contributed by atoms with Crippen molar-refractivity contribution in [2.75, 3.05) is 10.2 Å². The molecule has 3 aromatic rings. The van der Waals surface area contributed by atoms with E-state index in [9.17, 15) is 14.4 Å². The number of carbonyl (C=O) groups excluding carboxylic acids is 3. The molecule has 0 radical (unpaired) electrons. The zero-order chi connectivity index (χ0) is 24.6. The molecule has 0 aromatic heterocycles. The van der Waals surface area contributed by atoms with Gasteiger partial charge in [0.1, 0.15) is 16.5 Å². The highest BCUT2D eigenvalue weighted by atomic mass is 35.5. The van der Waals surface area contributed by atoms with Crippen molar-refractivity contribution in [1.82, 2.24) is 0 Å². The van der Waals surface area contributed by atoms with E-state index < -0.39 is 17.8 Å². The summed E-state index contributed by atoms with van der Waals surface area (Å²) >= 11 is 24.1. The van der Waals surface area contributed by atoms with E-state index in [0.29, 0.717) is 21.5 Å². The van der Waals surface area contributed by atoms with Crippen LogP contribution in [0.4, 0.5) is 11.4 Å². The molecule has 0 spiro atoms. The number of nitrogens with one attached hydrogen (secondary N) is 1. The lowest BCUT2D eigenvalue weighted by atomic mass is 10.2. The van der Waals surface area contributed by atoms with Crippen molar-refractivity contribution in [1.29, 1.82) is 0 Å². The van der Waals surface area contributed by atoms with Crippen LogP contribution in [0.15, 0.2) is 71.4 Å². The summed E-state index contributed by atoms with van der Waals surface area (Å²) in [6.45, 7) is 1.78. The molecule has 6 nitrogen and oxygen atoms in total. The number of hydrogen-bond acceptors (Lipinski definition) is 5. The van der Waals surface area contributed by atoms with Crippen LogP contribution in [-0.4, -0.2) is 17.8 Å². The van der Waals surface area contributed by atoms with Crippen molar-refractivity contribution >= 4 is 75.6 Å². The summed E-state index contributed by atoms with van der Waals surface area (Å²) in [6.07, 6.45) is 0. The molecule has 0 saturated carbocycles. The average Bonchev–Trinajstić information content (AvgIpc) is 2.99. The van der Waals surface area contributed by atoms with Crippen molar-refractivity contribution in [2.24, 2.45) is 0 Å². The Bertz CT molecular complexity index is 1370. The number of amides is 2. The van der Waals surface area contributed by atoms with E-state index in [1.807, 2.05) is 0 Å². The predicted octanol–water partition coefficient (Wildman–Crippen LogP) is 6.61. The lowest BCUT2D eigenvalue weighted by molar-refractivity contribution is -0.120. The average molecular weight is 536 g/mol. The number of esters is 1. The molecular formula is C24H14Cl4N2O4. The smallest absolute Gasteiger partial charge is 0.343 e. The van der Waals surface area contributed by atoms with E-state index in [1.54, 1.807) is 37.3 Å². The number of benzene rings is 3. The van der Waals surface area contributed by atoms with E-state index in [4.69, 9.17) is 51.1 Å². The van der Waals surface area contributed by atoms with Gasteiger partial charge in [-0.25, -0.2) is 9.69 Å². The Morgan fingerprint density at radius 1 is 0.853 bits per heavy atom. The van der Waals surface area contributed by atoms with Crippen LogP contribution in [0.2, 0.25) is 15.1 Å². The Labute approximate surface area is 214 Å². The molecule has 0 fully saturated rings. The summed E-state index contributed by atoms with van der Waals surface area (Å²) in [5, 5.41) is 3.56. The van der Waals surface area contributed by atoms with E-state index in [1.165, 1.54) is 30.3 Å². The minimum atomic E-state index is -0.725. The first-order valence-corrected chi connectivity index (χ1v) is 11.3. The number of imide groups is 1. The molecular weight excluding hydrogens is 522 g/mol. The van der Waals surface area contributed by atoms with Crippen LogP contribution in [0.5, 0.6) is 5.75 Å². The maximum Gasteiger partial charge on any atom is 0.343 e. The topological polar surface area (TPSA) is 75.7 Å². The van der Waals surface area contributed by atoms with Gasteiger partial charge in [0.25, 0.3) is 11.8 Å². The first kappa shape index (κ1) is 24.1. The molecule has 0 saturated heterocycles. The molecule has 0 atom stereocenters. The van der Waals surface area contributed by atoms with Crippen LogP contribution in [0.1, 0.15) is 15.9 Å². The third-order valence-corrected chi connectivity index (χ3v) is 6.03. The van der Waals surface area contributed by atoms with Gasteiger partial charge in [-0.2, -0.15) is 0 Å². The summed E-state index contributed by atoms with van der Waals surface area (Å²) in [4.78, 5) is 38.9. The Kier molecular flexibility index (Phi) is 6.86. The quantitative estimate of drug-likeness (QED) is 0.226. The highest BCUT2D eigenvalue weighted by Crippen LogP contribution is 2.35. The van der Waals surface area contributed by atoms with E-state index >= 15 is 0 Å². The molecule has 1 aliphatic rings. The molecule has 10 heteroatoms. The lowest BCUT2D eigenvalue weighted by Crippen LogP contribution is -2.32. The van der Waals surface area contributed by atoms with Gasteiger partial charge in [-0.15, -0.1) is 0 Å². The zero-order valence-electron chi connectivity index (χ0n) is 17.4. The fourth-order valence-corrected chi connectivity index (χ4v) is 4.15. The molecule has 0 aliphatic carbocycles. The maximum absolute atomic E-state index is 12.9. The number of halogens is 4. The van der Waals surface area contributed by atoms with Crippen LogP contribution in [-0.2, 0) is 9.59 Å². The number of aryl methyl sites for hydroxylation is 1. The second-order valence-electron chi connectivity index (χ2n) is 7.23. The number of rotatable bonds is 5. The number of anilines is 2. The standard InChI is InChI=1S/C24H14Cl4N2O4/c1-12-10-14(25)5-9-19(12)34-24(33)13-2-6-16(7-3-13)29-21-20(28)22(31)30(23(21)32)18-8-4-15(26)11-17(18)27/h2-11,29H,1H3. The minimum absolute atomic E-state index is 0.121. The van der Waals surface area contributed by atoms with Crippen LogP contribution < -0.4 is 15.0 Å². The molecule has 0 unspecified atom stereocenters. The van der Waals surface area contributed by atoms with Crippen LogP contribution in [0, 0.1) is 6.92 Å². The summed E-state index contributed by atoms with van der Waals surface area (Å²) < 4.78 is 5.41. The van der Waals surface area contributed by atoms with Crippen LogP contribution in [0.25, 0.3) is 0 Å². The van der Waals surface area contributed by atoms with Gasteiger partial charge in [0.2, 0.25) is 0 Å². The van der Waals surface area contributed by atoms with Crippen LogP contribution >= 0.6 is 46.4 Å². The molecule has 34 heavy (non-hydrogen) atoms. The van der Waals surface area contributed by atoms with Gasteiger partial charge in [-0.3, -0.25) is 9.59 Å². The minimum Gasteiger partial charge on any atom is -0.423 e. The monoisotopic (exact) mass is 534 g/mol. The second-order valence-corrected chi connectivity index (χ2v) is 8.89. The molecule has 1 N–H and O–H groups in total. The molecule has 4 rings (SSSR count). The van der Waals surface area contributed by atoms with E-state index in [0.717, 1.165) is 10.5 Å². The number of carbonyl (C=O) groups is 3. The van der Waals surface area contributed by atoms with Gasteiger partial charge in [0, 0.05) is 15.7 Å². The van der Waals surface area contributed by atoms with Gasteiger partial charge >= 0.3 is 5.97 Å². The fraction of sp³-hybridized carbons (Fsp3) is 0.0417. The molecule has 172 valence electrons. The molecule has 0 bridgehead atoms. The lowest BCUT2D eigenvalue weighted by Gasteiger charge is -2.16. The summed E-state index contributed by atoms with van der Waals surface area (Å²) in [5.41, 5.74) is 1.47. The van der Waals surface area contributed by atoms with E-state index in [2.05, 4.69) is 5.32 Å². The van der Waals surface area contributed by atoms with Crippen molar-refractivity contribution in [3.8, 4) is 5.75 Å². The van der Waals surface area contributed by atoms with Crippen molar-refractivity contribution in [3.63, 3.8) is 0 Å². The Balaban J connectivity index is 1.50. The summed E-state index contributed by atoms with van der Waals surface area (Å²) in [6, 6.07) is 15.4. The zero-order valence-corrected chi connectivity index (χ0v) is 20.4. The van der Waals surface area contributed by atoms with Gasteiger partial charge in [-0.05, 0) is 73.2 Å². The van der Waals surface area contributed by atoms with E-state index in [-0.39, 0.29) is 27.0 Å². The fourth-order valence-electron chi connectivity index (χ4n) is 3.21. The van der Waals surface area contributed by atoms with Crippen LogP contribution in [0.3, 0.4) is 0 Å². The highest BCUT2D eigenvalue weighted by Gasteiger charge is 2.39. The third kappa shape index (κ3) is 4.76. The number of nitrogens with zero attached hydrogens (tertiary/aromatic N) is 1. The van der Waals surface area contributed by atoms with Crippen molar-refractivity contribution in [3.05, 3.63) is 97.6 Å². The van der Waals surface area contributed by atoms with Gasteiger partial charge < -0.3 is 10.1 Å². The molecule has 3 aromatic carbocycles. The predicted molar refractivity (Wildman–Crippen MR) is 133 cm³/mol. The summed E-state index contributed by atoms with van der Waals surface area (Å²) in [7, 11) is 0. The van der Waals surface area contributed by atoms with Crippen molar-refractivity contribution < 1.29 is 19.1 Å². The largest absolute Gasteiger partial charge is 0.423 e.